The number of primary amides is 1. The molecular weight excluding hydrogens is 218 g/mol. The van der Waals surface area contributed by atoms with Gasteiger partial charge in [0, 0.05) is 11.8 Å². The molecule has 0 aromatic heterocycles. The van der Waals surface area contributed by atoms with Gasteiger partial charge in [-0.3, -0.25) is 4.79 Å². The zero-order chi connectivity index (χ0) is 12.8. The van der Waals surface area contributed by atoms with Crippen molar-refractivity contribution in [3.8, 4) is 5.75 Å². The maximum Gasteiger partial charge on any atom is 0.239 e. The molecule has 17 heavy (non-hydrogen) atoms. The minimum absolute atomic E-state index is 0.405. The molecule has 0 heterocycles. The molecule has 1 unspecified atom stereocenters. The van der Waals surface area contributed by atoms with Gasteiger partial charge in [0.25, 0.3) is 0 Å². The van der Waals surface area contributed by atoms with Crippen molar-refractivity contribution >= 4 is 17.3 Å². The van der Waals surface area contributed by atoms with E-state index in [1.807, 2.05) is 6.92 Å². The van der Waals surface area contributed by atoms with Gasteiger partial charge < -0.3 is 21.5 Å². The van der Waals surface area contributed by atoms with Crippen LogP contribution in [0.1, 0.15) is 20.3 Å². The quantitative estimate of drug-likeness (QED) is 0.651. The van der Waals surface area contributed by atoms with Gasteiger partial charge in [-0.15, -0.1) is 0 Å². The summed E-state index contributed by atoms with van der Waals surface area (Å²) in [6, 6.07) is 4.86. The fourth-order valence-electron chi connectivity index (χ4n) is 1.28. The second kappa shape index (κ2) is 5.98. The highest BCUT2D eigenvalue weighted by molar-refractivity contribution is 5.82. The molecule has 1 rings (SSSR count). The third-order valence-corrected chi connectivity index (χ3v) is 2.29. The first-order valence-electron chi connectivity index (χ1n) is 5.62. The van der Waals surface area contributed by atoms with Crippen molar-refractivity contribution in [2.45, 2.75) is 26.3 Å². The van der Waals surface area contributed by atoms with Crippen molar-refractivity contribution < 1.29 is 9.53 Å². The largest absolute Gasteiger partial charge is 0.491 e. The molecule has 0 radical (unpaired) electrons. The van der Waals surface area contributed by atoms with Crippen molar-refractivity contribution in [1.29, 1.82) is 0 Å². The van der Waals surface area contributed by atoms with Crippen LogP contribution in [0.4, 0.5) is 11.4 Å². The number of rotatable bonds is 6. The monoisotopic (exact) mass is 237 g/mol. The maximum atomic E-state index is 10.9. The van der Waals surface area contributed by atoms with Gasteiger partial charge in [0.1, 0.15) is 11.8 Å². The highest BCUT2D eigenvalue weighted by Crippen LogP contribution is 2.25. The lowest BCUT2D eigenvalue weighted by atomic mass is 10.2. The average molecular weight is 237 g/mol. The molecule has 0 aliphatic carbocycles. The predicted octanol–water partition coefficient (Wildman–Crippen LogP) is 1.34. The lowest BCUT2D eigenvalue weighted by Crippen LogP contribution is -2.32. The first-order chi connectivity index (χ1) is 8.04. The Hall–Kier alpha value is -1.91. The number of ether oxygens (including phenoxy) is 1. The van der Waals surface area contributed by atoms with Crippen LogP contribution < -0.4 is 21.5 Å². The van der Waals surface area contributed by atoms with Crippen LogP contribution in [0.3, 0.4) is 0 Å². The molecule has 1 atom stereocenters. The second-order valence-electron chi connectivity index (χ2n) is 3.87. The first kappa shape index (κ1) is 13.2. The number of nitrogens with one attached hydrogen (secondary N) is 1. The first-order valence-corrected chi connectivity index (χ1v) is 5.62. The number of carbonyl (C=O) groups excluding carboxylic acids is 1. The molecule has 5 heteroatoms. The van der Waals surface area contributed by atoms with Crippen LogP contribution in [0.2, 0.25) is 0 Å². The van der Waals surface area contributed by atoms with E-state index in [1.54, 1.807) is 25.1 Å². The molecule has 0 bridgehead atoms. The van der Waals surface area contributed by atoms with Crippen LogP contribution in [0.5, 0.6) is 5.75 Å². The molecule has 1 amide bonds. The fourth-order valence-corrected chi connectivity index (χ4v) is 1.28. The number of nitrogens with two attached hydrogens (primary N) is 2. The van der Waals surface area contributed by atoms with E-state index in [0.29, 0.717) is 18.0 Å². The van der Waals surface area contributed by atoms with Crippen molar-refractivity contribution in [1.82, 2.24) is 0 Å². The Bertz CT molecular complexity index is 393. The van der Waals surface area contributed by atoms with Crippen LogP contribution in [-0.4, -0.2) is 18.6 Å². The van der Waals surface area contributed by atoms with Gasteiger partial charge in [-0.1, -0.05) is 6.92 Å². The number of hydrogen-bond donors (Lipinski definition) is 3. The number of anilines is 2. The van der Waals surface area contributed by atoms with E-state index < -0.39 is 11.9 Å². The van der Waals surface area contributed by atoms with E-state index in [4.69, 9.17) is 16.2 Å². The molecule has 1 aromatic carbocycles. The molecule has 0 saturated heterocycles. The molecule has 0 aliphatic rings. The van der Waals surface area contributed by atoms with Gasteiger partial charge in [-0.25, -0.2) is 0 Å². The van der Waals surface area contributed by atoms with Crippen LogP contribution in [0, 0.1) is 0 Å². The second-order valence-corrected chi connectivity index (χ2v) is 3.87. The summed E-state index contributed by atoms with van der Waals surface area (Å²) in [6.45, 7) is 4.33. The Balaban J connectivity index is 2.77. The summed E-state index contributed by atoms with van der Waals surface area (Å²) in [7, 11) is 0. The number of nitrogen functional groups attached to an aromatic ring is 1. The standard InChI is InChI=1S/C12H19N3O2/c1-3-6-17-11-7-9(4-5-10(11)13)15-8(2)12(14)16/h4-5,7-8,15H,3,6,13H2,1-2H3,(H2,14,16). The molecule has 5 N–H and O–H groups in total. The summed E-state index contributed by atoms with van der Waals surface area (Å²) in [5.41, 5.74) is 12.3. The van der Waals surface area contributed by atoms with Crippen molar-refractivity contribution in [2.24, 2.45) is 5.73 Å². The Kier molecular flexibility index (Phi) is 4.63. The van der Waals surface area contributed by atoms with Crippen LogP contribution >= 0.6 is 0 Å². The van der Waals surface area contributed by atoms with Gasteiger partial charge in [0.05, 0.1) is 12.3 Å². The molecule has 0 saturated carbocycles. The zero-order valence-corrected chi connectivity index (χ0v) is 10.2. The molecule has 94 valence electrons. The summed E-state index contributed by atoms with van der Waals surface area (Å²) in [6.07, 6.45) is 0.911. The Morgan fingerprint density at radius 1 is 1.53 bits per heavy atom. The van der Waals surface area contributed by atoms with Crippen molar-refractivity contribution in [3.05, 3.63) is 18.2 Å². The van der Waals surface area contributed by atoms with E-state index in [2.05, 4.69) is 5.32 Å². The van der Waals surface area contributed by atoms with Gasteiger partial charge in [0.2, 0.25) is 5.91 Å². The lowest BCUT2D eigenvalue weighted by molar-refractivity contribution is -0.118. The highest BCUT2D eigenvalue weighted by Gasteiger charge is 2.09. The van der Waals surface area contributed by atoms with E-state index in [9.17, 15) is 4.79 Å². The average Bonchev–Trinajstić information content (AvgIpc) is 2.29. The molecule has 5 nitrogen and oxygen atoms in total. The lowest BCUT2D eigenvalue weighted by Gasteiger charge is -2.14. The third kappa shape index (κ3) is 3.86. The molecular formula is C12H19N3O2. The Morgan fingerprint density at radius 3 is 2.82 bits per heavy atom. The van der Waals surface area contributed by atoms with E-state index in [-0.39, 0.29) is 0 Å². The van der Waals surface area contributed by atoms with Crippen molar-refractivity contribution in [3.63, 3.8) is 0 Å². The van der Waals surface area contributed by atoms with Crippen LogP contribution in [-0.2, 0) is 4.79 Å². The highest BCUT2D eigenvalue weighted by atomic mass is 16.5. The summed E-state index contributed by atoms with van der Waals surface area (Å²) >= 11 is 0. The van der Waals surface area contributed by atoms with Gasteiger partial charge >= 0.3 is 0 Å². The third-order valence-electron chi connectivity index (χ3n) is 2.29. The van der Waals surface area contributed by atoms with Gasteiger partial charge in [-0.05, 0) is 25.5 Å². The van der Waals surface area contributed by atoms with E-state index in [0.717, 1.165) is 12.1 Å². The predicted molar refractivity (Wildman–Crippen MR) is 68.9 cm³/mol. The summed E-state index contributed by atoms with van der Waals surface area (Å²) < 4.78 is 5.49. The van der Waals surface area contributed by atoms with Crippen LogP contribution in [0.15, 0.2) is 18.2 Å². The van der Waals surface area contributed by atoms with Crippen LogP contribution in [0.25, 0.3) is 0 Å². The Morgan fingerprint density at radius 2 is 2.24 bits per heavy atom. The minimum atomic E-state index is -0.433. The Labute approximate surface area is 101 Å². The zero-order valence-electron chi connectivity index (χ0n) is 10.2. The van der Waals surface area contributed by atoms with E-state index in [1.165, 1.54) is 0 Å². The number of hydrogen-bond acceptors (Lipinski definition) is 4. The summed E-state index contributed by atoms with van der Waals surface area (Å²) in [4.78, 5) is 10.9. The molecule has 1 aromatic rings. The van der Waals surface area contributed by atoms with Crippen molar-refractivity contribution in [2.75, 3.05) is 17.7 Å². The normalized spacial score (nSPS) is 11.9. The number of benzene rings is 1. The summed E-state index contributed by atoms with van der Waals surface area (Å²) in [5.74, 6) is 0.214. The van der Waals surface area contributed by atoms with E-state index >= 15 is 0 Å². The number of carbonyl (C=O) groups is 1. The maximum absolute atomic E-state index is 10.9. The van der Waals surface area contributed by atoms with Gasteiger partial charge in [0.15, 0.2) is 0 Å². The molecule has 0 fully saturated rings. The van der Waals surface area contributed by atoms with Gasteiger partial charge in [-0.2, -0.15) is 0 Å². The topological polar surface area (TPSA) is 90.4 Å². The smallest absolute Gasteiger partial charge is 0.239 e. The SMILES string of the molecule is CCCOc1cc(NC(C)C(N)=O)ccc1N. The summed E-state index contributed by atoms with van der Waals surface area (Å²) in [5, 5.41) is 2.98. The number of amides is 1. The minimum Gasteiger partial charge on any atom is -0.491 e. The molecule has 0 spiro atoms. The fraction of sp³-hybridized carbons (Fsp3) is 0.417. The molecule has 0 aliphatic heterocycles.